The van der Waals surface area contributed by atoms with E-state index in [1.165, 1.54) is 10.8 Å². The molecule has 0 unspecified atom stereocenters. The molecule has 2 heterocycles. The van der Waals surface area contributed by atoms with E-state index in [1.807, 2.05) is 30.3 Å². The first-order chi connectivity index (χ1) is 15.6. The zero-order valence-electron chi connectivity index (χ0n) is 16.8. The number of rotatable bonds is 4. The number of imide groups is 1. The Labute approximate surface area is 182 Å². The number of carbonyl (C=O) groups is 2. The van der Waals surface area contributed by atoms with Crippen molar-refractivity contribution in [2.24, 2.45) is 5.10 Å². The van der Waals surface area contributed by atoms with Crippen molar-refractivity contribution in [2.45, 2.75) is 6.54 Å². The molecule has 0 bridgehead atoms. The molecule has 0 aliphatic carbocycles. The molecule has 0 atom stereocenters. The number of pyridine rings is 1. The van der Waals surface area contributed by atoms with Gasteiger partial charge in [0.15, 0.2) is 0 Å². The van der Waals surface area contributed by atoms with E-state index in [2.05, 4.69) is 5.10 Å². The average molecular weight is 423 g/mol. The summed E-state index contributed by atoms with van der Waals surface area (Å²) in [5.74, 6) is -1.37. The predicted molar refractivity (Wildman–Crippen MR) is 120 cm³/mol. The second kappa shape index (κ2) is 7.63. The maximum absolute atomic E-state index is 13.1. The molecule has 2 amide bonds. The van der Waals surface area contributed by atoms with Crippen LogP contribution in [0.3, 0.4) is 0 Å². The van der Waals surface area contributed by atoms with Crippen molar-refractivity contribution >= 4 is 28.8 Å². The molecule has 0 fully saturated rings. The molecule has 5 rings (SSSR count). The number of hydrazone groups is 1. The Morgan fingerprint density at radius 3 is 1.97 bits per heavy atom. The van der Waals surface area contributed by atoms with E-state index in [1.54, 1.807) is 48.5 Å². The molecular weight excluding hydrogens is 406 g/mol. The average Bonchev–Trinajstić information content (AvgIpc) is 3.07. The van der Waals surface area contributed by atoms with E-state index >= 15 is 0 Å². The van der Waals surface area contributed by atoms with Crippen LogP contribution in [0.4, 0.5) is 0 Å². The van der Waals surface area contributed by atoms with Gasteiger partial charge in [0.25, 0.3) is 17.4 Å². The molecule has 4 aromatic rings. The third-order valence-corrected chi connectivity index (χ3v) is 5.45. The summed E-state index contributed by atoms with van der Waals surface area (Å²) in [6.07, 6.45) is 1.25. The Morgan fingerprint density at radius 1 is 0.750 bits per heavy atom. The number of amides is 2. The zero-order valence-corrected chi connectivity index (χ0v) is 16.8. The summed E-state index contributed by atoms with van der Waals surface area (Å²) < 4.78 is 1.25. The molecule has 1 N–H and O–H groups in total. The molecule has 0 radical (unpaired) electrons. The summed E-state index contributed by atoms with van der Waals surface area (Å²) in [6, 6.07) is 22.6. The third-order valence-electron chi connectivity index (χ3n) is 5.45. The Balaban J connectivity index is 1.62. The second-order valence-electron chi connectivity index (χ2n) is 7.37. The van der Waals surface area contributed by atoms with Gasteiger partial charge in [0.2, 0.25) is 5.88 Å². The van der Waals surface area contributed by atoms with Gasteiger partial charge in [0, 0.05) is 10.8 Å². The first-order valence-electron chi connectivity index (χ1n) is 9.96. The fourth-order valence-corrected chi connectivity index (χ4v) is 3.85. The number of fused-ring (bicyclic) bond motifs is 2. The van der Waals surface area contributed by atoms with E-state index in [0.29, 0.717) is 10.8 Å². The number of aromatic nitrogens is 1. The van der Waals surface area contributed by atoms with Crippen LogP contribution in [0, 0.1) is 0 Å². The van der Waals surface area contributed by atoms with Crippen LogP contribution >= 0.6 is 0 Å². The quantitative estimate of drug-likeness (QED) is 0.402. The van der Waals surface area contributed by atoms with Crippen molar-refractivity contribution in [3.8, 4) is 5.88 Å². The van der Waals surface area contributed by atoms with Crippen molar-refractivity contribution in [3.63, 3.8) is 0 Å². The van der Waals surface area contributed by atoms with Gasteiger partial charge in [-0.15, -0.1) is 0 Å². The van der Waals surface area contributed by atoms with Gasteiger partial charge < -0.3 is 5.11 Å². The molecule has 3 aromatic carbocycles. The van der Waals surface area contributed by atoms with Crippen LogP contribution in [-0.2, 0) is 6.54 Å². The molecule has 0 spiro atoms. The molecule has 7 heteroatoms. The van der Waals surface area contributed by atoms with E-state index in [0.717, 1.165) is 10.6 Å². The highest BCUT2D eigenvalue weighted by Crippen LogP contribution is 2.26. The summed E-state index contributed by atoms with van der Waals surface area (Å²) in [5.41, 5.74) is 1.28. The van der Waals surface area contributed by atoms with Gasteiger partial charge in [-0.3, -0.25) is 19.0 Å². The maximum Gasteiger partial charge on any atom is 0.282 e. The lowest BCUT2D eigenvalue weighted by molar-refractivity contribution is 0.0660. The number of aromatic hydroxyl groups is 1. The van der Waals surface area contributed by atoms with Gasteiger partial charge in [-0.25, -0.2) is 0 Å². The molecular formula is C25H17N3O4. The lowest BCUT2D eigenvalue weighted by Gasteiger charge is -2.14. The molecule has 32 heavy (non-hydrogen) atoms. The minimum Gasteiger partial charge on any atom is -0.494 e. The molecule has 1 aromatic heterocycles. The van der Waals surface area contributed by atoms with Crippen LogP contribution in [-0.4, -0.2) is 32.7 Å². The summed E-state index contributed by atoms with van der Waals surface area (Å²) in [7, 11) is 0. The van der Waals surface area contributed by atoms with Gasteiger partial charge in [-0.2, -0.15) is 10.1 Å². The van der Waals surface area contributed by atoms with Crippen LogP contribution < -0.4 is 5.56 Å². The monoisotopic (exact) mass is 423 g/mol. The molecule has 1 aliphatic heterocycles. The van der Waals surface area contributed by atoms with Crippen molar-refractivity contribution in [3.05, 3.63) is 111 Å². The fourth-order valence-electron chi connectivity index (χ4n) is 3.85. The van der Waals surface area contributed by atoms with Gasteiger partial charge in [-0.1, -0.05) is 60.7 Å². The maximum atomic E-state index is 13.1. The van der Waals surface area contributed by atoms with Crippen molar-refractivity contribution in [1.82, 2.24) is 9.58 Å². The van der Waals surface area contributed by atoms with Crippen LogP contribution in [0.5, 0.6) is 5.88 Å². The second-order valence-corrected chi connectivity index (χ2v) is 7.37. The highest BCUT2D eigenvalue weighted by atomic mass is 16.3. The fraction of sp³-hybridized carbons (Fsp3) is 0.0400. The van der Waals surface area contributed by atoms with E-state index < -0.39 is 11.8 Å². The van der Waals surface area contributed by atoms with Crippen LogP contribution in [0.25, 0.3) is 10.8 Å². The Hall–Kier alpha value is -4.52. The largest absolute Gasteiger partial charge is 0.494 e. The number of hydrogen-bond acceptors (Lipinski definition) is 5. The van der Waals surface area contributed by atoms with Crippen molar-refractivity contribution in [2.75, 3.05) is 0 Å². The van der Waals surface area contributed by atoms with Crippen LogP contribution in [0.15, 0.2) is 88.8 Å². The molecule has 0 saturated heterocycles. The Bertz CT molecular complexity index is 1440. The molecule has 0 saturated carbocycles. The topological polar surface area (TPSA) is 92.0 Å². The lowest BCUT2D eigenvalue weighted by atomic mass is 10.1. The van der Waals surface area contributed by atoms with Gasteiger partial charge in [0.1, 0.15) is 0 Å². The number of benzene rings is 3. The van der Waals surface area contributed by atoms with Gasteiger partial charge in [-0.05, 0) is 23.8 Å². The van der Waals surface area contributed by atoms with Crippen molar-refractivity contribution in [1.29, 1.82) is 0 Å². The highest BCUT2D eigenvalue weighted by molar-refractivity contribution is 6.21. The van der Waals surface area contributed by atoms with E-state index in [9.17, 15) is 19.5 Å². The molecule has 1 aliphatic rings. The number of hydrogen-bond donors (Lipinski definition) is 1. The van der Waals surface area contributed by atoms with Crippen LogP contribution in [0.1, 0.15) is 31.8 Å². The summed E-state index contributed by atoms with van der Waals surface area (Å²) in [4.78, 5) is 38.3. The minimum absolute atomic E-state index is 0.157. The Morgan fingerprint density at radius 2 is 1.31 bits per heavy atom. The van der Waals surface area contributed by atoms with Gasteiger partial charge >= 0.3 is 0 Å². The summed E-state index contributed by atoms with van der Waals surface area (Å²) >= 11 is 0. The standard InChI is InChI=1S/C25H17N3O4/c29-22-18-11-5-4-10-17(18)21(23(30)27(22)15-16-8-2-1-3-9-16)14-26-28-24(31)19-12-6-7-13-20(19)25(28)32/h1-14,30H,15H2. The SMILES string of the molecule is O=C1c2ccccc2C(=O)N1N=Cc1c(O)n(Cc2ccccc2)c(=O)c2ccccc12. The predicted octanol–water partition coefficient (Wildman–Crippen LogP) is 3.39. The first-order valence-corrected chi connectivity index (χ1v) is 9.96. The molecule has 156 valence electrons. The van der Waals surface area contributed by atoms with Crippen molar-refractivity contribution < 1.29 is 14.7 Å². The minimum atomic E-state index is -0.539. The Kier molecular flexibility index (Phi) is 4.63. The summed E-state index contributed by atoms with van der Waals surface area (Å²) in [6.45, 7) is 0.157. The number of nitrogens with zero attached hydrogens (tertiary/aromatic N) is 3. The highest BCUT2D eigenvalue weighted by Gasteiger charge is 2.35. The van der Waals surface area contributed by atoms with E-state index in [-0.39, 0.29) is 34.7 Å². The first kappa shape index (κ1) is 19.4. The lowest BCUT2D eigenvalue weighted by Crippen LogP contribution is -2.25. The number of carbonyl (C=O) groups excluding carboxylic acids is 2. The molecule has 7 nitrogen and oxygen atoms in total. The third kappa shape index (κ3) is 3.07. The smallest absolute Gasteiger partial charge is 0.282 e. The van der Waals surface area contributed by atoms with Gasteiger partial charge in [0.05, 0.1) is 29.4 Å². The normalized spacial score (nSPS) is 13.3. The van der Waals surface area contributed by atoms with E-state index in [4.69, 9.17) is 0 Å². The van der Waals surface area contributed by atoms with Crippen LogP contribution in [0.2, 0.25) is 0 Å². The summed E-state index contributed by atoms with van der Waals surface area (Å²) in [5, 5.41) is 16.7. The zero-order chi connectivity index (χ0) is 22.2.